The minimum absolute atomic E-state index is 0.0767. The number of rotatable bonds is 9. The molecule has 0 radical (unpaired) electrons. The van der Waals surface area contributed by atoms with E-state index < -0.39 is 16.4 Å². The normalized spacial score (nSPS) is 24.2. The highest BCUT2D eigenvalue weighted by Crippen LogP contribution is 2.36. The number of hydrogen-bond acceptors (Lipinski definition) is 3. The Hall–Kier alpha value is -2.58. The van der Waals surface area contributed by atoms with E-state index in [9.17, 15) is 4.79 Å². The lowest BCUT2D eigenvalue weighted by molar-refractivity contribution is -0.108. The van der Waals surface area contributed by atoms with E-state index in [0.29, 0.717) is 0 Å². The van der Waals surface area contributed by atoms with Gasteiger partial charge in [-0.25, -0.2) is 0 Å². The molecule has 4 rings (SSSR count). The standard InChI is InChI=1S/C30H36O3Si2/c1-23(2)29(34(3,4)5)19-13-12-14-25-20-24(30-28(21-31)32-30)22-35(33-25,26-15-8-6-9-16-26)27-17-10-7-11-18-27/h6-12,14-19,21-22,25,28,30H,1,13,20H2,2-5H3/b14-12+,29-19-/t25-,28-,30-/m1/s1. The third kappa shape index (κ3) is 5.81. The summed E-state index contributed by atoms with van der Waals surface area (Å²) < 4.78 is 12.8. The van der Waals surface area contributed by atoms with Gasteiger partial charge in [-0.05, 0) is 35.7 Å². The molecule has 182 valence electrons. The number of aldehydes is 1. The fourth-order valence-electron chi connectivity index (χ4n) is 5.08. The topological polar surface area (TPSA) is 38.8 Å². The smallest absolute Gasteiger partial charge is 0.281 e. The predicted molar refractivity (Wildman–Crippen MR) is 150 cm³/mol. The second-order valence-electron chi connectivity index (χ2n) is 10.5. The SMILES string of the molecule is C=C(C)/C(=C/C/C=C/[C@@H]1CC([C@H]2O[C@@H]2C=O)=C[Si](c2ccccc2)(c2ccccc2)O1)[Si](C)(C)C. The summed E-state index contributed by atoms with van der Waals surface area (Å²) in [5, 5.41) is 3.83. The molecule has 35 heavy (non-hydrogen) atoms. The van der Waals surface area contributed by atoms with Gasteiger partial charge >= 0.3 is 0 Å². The maximum atomic E-state index is 11.4. The van der Waals surface area contributed by atoms with E-state index in [1.54, 1.807) is 0 Å². The Labute approximate surface area is 212 Å². The molecule has 2 aliphatic heterocycles. The van der Waals surface area contributed by atoms with Crippen LogP contribution in [0.1, 0.15) is 19.8 Å². The van der Waals surface area contributed by atoms with Crippen LogP contribution in [0.5, 0.6) is 0 Å². The molecule has 0 bridgehead atoms. The van der Waals surface area contributed by atoms with Crippen LogP contribution in [0.3, 0.4) is 0 Å². The molecule has 2 aromatic rings. The molecular formula is C30H36O3Si2. The van der Waals surface area contributed by atoms with Crippen molar-refractivity contribution >= 4 is 33.1 Å². The van der Waals surface area contributed by atoms with Crippen molar-refractivity contribution in [1.29, 1.82) is 0 Å². The summed E-state index contributed by atoms with van der Waals surface area (Å²) in [5.74, 6) is 0. The zero-order valence-electron chi connectivity index (χ0n) is 21.2. The molecule has 3 nitrogen and oxygen atoms in total. The second kappa shape index (κ2) is 10.6. The van der Waals surface area contributed by atoms with Gasteiger partial charge in [-0.15, -0.1) is 0 Å². The first-order valence-corrected chi connectivity index (χ1v) is 17.9. The van der Waals surface area contributed by atoms with Crippen LogP contribution in [0.25, 0.3) is 0 Å². The highest BCUT2D eigenvalue weighted by molar-refractivity contribution is 7.01. The number of carbonyl (C=O) groups is 1. The second-order valence-corrected chi connectivity index (χ2v) is 18.7. The monoisotopic (exact) mass is 500 g/mol. The minimum Gasteiger partial charge on any atom is -0.398 e. The zero-order chi connectivity index (χ0) is 25.1. The van der Waals surface area contributed by atoms with Gasteiger partial charge in [-0.2, -0.15) is 0 Å². The molecule has 0 aromatic heterocycles. The Bertz CT molecular complexity index is 1100. The third-order valence-corrected chi connectivity index (χ3v) is 12.8. The molecule has 0 amide bonds. The van der Waals surface area contributed by atoms with Gasteiger partial charge < -0.3 is 14.0 Å². The molecule has 0 aliphatic carbocycles. The van der Waals surface area contributed by atoms with Crippen LogP contribution in [0.15, 0.2) is 108 Å². The van der Waals surface area contributed by atoms with Gasteiger partial charge in [0, 0.05) is 0 Å². The fraction of sp³-hybridized carbons (Fsp3) is 0.300. The lowest BCUT2D eigenvalue weighted by Gasteiger charge is -2.37. The highest BCUT2D eigenvalue weighted by Gasteiger charge is 2.49. The molecule has 3 atom stereocenters. The molecule has 0 N–H and O–H groups in total. The number of epoxide rings is 1. The molecule has 1 saturated heterocycles. The number of hydrogen-bond donors (Lipinski definition) is 0. The average Bonchev–Trinajstić information content (AvgIpc) is 3.64. The summed E-state index contributed by atoms with van der Waals surface area (Å²) >= 11 is 0. The van der Waals surface area contributed by atoms with Crippen LogP contribution in [-0.2, 0) is 14.0 Å². The van der Waals surface area contributed by atoms with Crippen molar-refractivity contribution in [3.8, 4) is 0 Å². The van der Waals surface area contributed by atoms with Crippen molar-refractivity contribution in [2.45, 2.75) is 57.7 Å². The molecule has 0 unspecified atom stereocenters. The first-order chi connectivity index (χ1) is 16.7. The van der Waals surface area contributed by atoms with Crippen LogP contribution < -0.4 is 10.4 Å². The predicted octanol–water partition coefficient (Wildman–Crippen LogP) is 5.29. The Morgan fingerprint density at radius 2 is 1.66 bits per heavy atom. The van der Waals surface area contributed by atoms with Crippen LogP contribution in [-0.4, -0.2) is 41.0 Å². The van der Waals surface area contributed by atoms with Crippen molar-refractivity contribution < 1.29 is 14.0 Å². The third-order valence-electron chi connectivity index (χ3n) is 6.67. The van der Waals surface area contributed by atoms with Crippen LogP contribution in [0, 0.1) is 0 Å². The van der Waals surface area contributed by atoms with Crippen LogP contribution >= 0.6 is 0 Å². The minimum atomic E-state index is -2.69. The fourth-order valence-corrected chi connectivity index (χ4v) is 10.9. The molecule has 5 heteroatoms. The van der Waals surface area contributed by atoms with E-state index in [0.717, 1.165) is 19.1 Å². The van der Waals surface area contributed by atoms with Crippen molar-refractivity contribution in [2.24, 2.45) is 0 Å². The van der Waals surface area contributed by atoms with E-state index >= 15 is 0 Å². The summed E-state index contributed by atoms with van der Waals surface area (Å²) in [5.41, 5.74) is 4.67. The van der Waals surface area contributed by atoms with E-state index in [1.165, 1.54) is 26.7 Å². The van der Waals surface area contributed by atoms with Crippen LogP contribution in [0.2, 0.25) is 19.6 Å². The molecule has 2 heterocycles. The number of allylic oxidation sites excluding steroid dienone is 4. The van der Waals surface area contributed by atoms with Gasteiger partial charge in [-0.3, -0.25) is 0 Å². The van der Waals surface area contributed by atoms with Gasteiger partial charge in [0.2, 0.25) is 0 Å². The largest absolute Gasteiger partial charge is 0.398 e. The summed E-state index contributed by atoms with van der Waals surface area (Å²) in [7, 11) is -4.12. The van der Waals surface area contributed by atoms with E-state index in [2.05, 4.69) is 106 Å². The van der Waals surface area contributed by atoms with E-state index in [-0.39, 0.29) is 18.3 Å². The van der Waals surface area contributed by atoms with Crippen molar-refractivity contribution in [3.05, 3.63) is 108 Å². The van der Waals surface area contributed by atoms with Crippen molar-refractivity contribution in [3.63, 3.8) is 0 Å². The number of benzene rings is 2. The maximum Gasteiger partial charge on any atom is 0.281 e. The van der Waals surface area contributed by atoms with Gasteiger partial charge in [0.1, 0.15) is 12.2 Å². The first-order valence-electron chi connectivity index (χ1n) is 12.4. The summed E-state index contributed by atoms with van der Waals surface area (Å²) in [6.45, 7) is 13.4. The Balaban J connectivity index is 1.69. The molecule has 0 saturated carbocycles. The van der Waals surface area contributed by atoms with Gasteiger partial charge in [-0.1, -0.05) is 122 Å². The van der Waals surface area contributed by atoms with Crippen LogP contribution in [0.4, 0.5) is 0 Å². The summed E-state index contributed by atoms with van der Waals surface area (Å²) in [6.07, 6.45) is 8.72. The number of carbonyl (C=O) groups excluding carboxylic acids is 1. The lowest BCUT2D eigenvalue weighted by atomic mass is 10.0. The first kappa shape index (κ1) is 25.5. The van der Waals surface area contributed by atoms with E-state index in [1.807, 2.05) is 12.1 Å². The van der Waals surface area contributed by atoms with Gasteiger partial charge in [0.05, 0.1) is 14.2 Å². The molecular weight excluding hydrogens is 464 g/mol. The number of ether oxygens (including phenoxy) is 1. The molecule has 2 aromatic carbocycles. The Morgan fingerprint density at radius 3 is 2.14 bits per heavy atom. The average molecular weight is 501 g/mol. The van der Waals surface area contributed by atoms with Crippen molar-refractivity contribution in [2.75, 3.05) is 0 Å². The maximum absolute atomic E-state index is 11.4. The van der Waals surface area contributed by atoms with Gasteiger partial charge in [0.25, 0.3) is 8.32 Å². The zero-order valence-corrected chi connectivity index (χ0v) is 23.2. The molecule has 2 aliphatic rings. The summed E-state index contributed by atoms with van der Waals surface area (Å²) in [6, 6.07) is 21.0. The van der Waals surface area contributed by atoms with Gasteiger partial charge in [0.15, 0.2) is 6.29 Å². The Kier molecular flexibility index (Phi) is 7.72. The quantitative estimate of drug-likeness (QED) is 0.154. The molecule has 1 fully saturated rings. The van der Waals surface area contributed by atoms with Crippen molar-refractivity contribution in [1.82, 2.24) is 0 Å². The highest BCUT2D eigenvalue weighted by atomic mass is 28.4. The molecule has 0 spiro atoms. The lowest BCUT2D eigenvalue weighted by Crippen LogP contribution is -2.63. The Morgan fingerprint density at radius 1 is 1.06 bits per heavy atom. The van der Waals surface area contributed by atoms with E-state index in [4.69, 9.17) is 9.16 Å². The summed E-state index contributed by atoms with van der Waals surface area (Å²) in [4.78, 5) is 11.4.